The number of halogens is 3. The summed E-state index contributed by atoms with van der Waals surface area (Å²) in [7, 11) is 0. The molecule has 0 aliphatic rings. The van der Waals surface area contributed by atoms with Crippen molar-refractivity contribution in [3.05, 3.63) is 11.8 Å². The Morgan fingerprint density at radius 1 is 1.50 bits per heavy atom. The fraction of sp³-hybridized carbons (Fsp3) is 0.571. The molecule has 0 amide bonds. The van der Waals surface area contributed by atoms with Gasteiger partial charge in [0.25, 0.3) is 0 Å². The molecule has 0 unspecified atom stereocenters. The maximum absolute atomic E-state index is 10.6. The zero-order valence-electron chi connectivity index (χ0n) is 8.45. The Morgan fingerprint density at radius 2 is 1.94 bits per heavy atom. The molecule has 0 aromatic carbocycles. The van der Waals surface area contributed by atoms with E-state index in [0.717, 1.165) is 0 Å². The average molecular weight is 241 g/mol. The van der Waals surface area contributed by atoms with Gasteiger partial charge in [0.05, 0.1) is 6.04 Å². The van der Waals surface area contributed by atoms with Crippen LogP contribution in [0.3, 0.4) is 0 Å². The van der Waals surface area contributed by atoms with Gasteiger partial charge in [-0.15, -0.1) is 10.2 Å². The summed E-state index contributed by atoms with van der Waals surface area (Å²) in [4.78, 5) is 8.90. The van der Waals surface area contributed by atoms with Crippen molar-refractivity contribution in [3.63, 3.8) is 0 Å². The Morgan fingerprint density at radius 3 is 2.06 bits per heavy atom. The molecule has 0 bridgehead atoms. The number of rotatable bonds is 1. The summed E-state index contributed by atoms with van der Waals surface area (Å²) >= 11 is 0. The van der Waals surface area contributed by atoms with E-state index in [1.165, 1.54) is 0 Å². The molecule has 6 nitrogen and oxygen atoms in total. The first-order valence-electron chi connectivity index (χ1n) is 4.00. The van der Waals surface area contributed by atoms with E-state index in [2.05, 4.69) is 10.2 Å². The van der Waals surface area contributed by atoms with Crippen LogP contribution in [0, 0.1) is 6.92 Å². The molecule has 16 heavy (non-hydrogen) atoms. The maximum Gasteiger partial charge on any atom is 0.490 e. The van der Waals surface area contributed by atoms with Gasteiger partial charge in [0.2, 0.25) is 11.8 Å². The fourth-order valence-corrected chi connectivity index (χ4v) is 0.496. The van der Waals surface area contributed by atoms with Gasteiger partial charge in [-0.3, -0.25) is 0 Å². The van der Waals surface area contributed by atoms with Crippen LogP contribution in [0.1, 0.15) is 24.7 Å². The molecule has 92 valence electrons. The van der Waals surface area contributed by atoms with E-state index >= 15 is 0 Å². The maximum atomic E-state index is 10.6. The molecule has 0 radical (unpaired) electrons. The quantitative estimate of drug-likeness (QED) is 0.761. The number of hydrogen-bond donors (Lipinski definition) is 2. The number of carbonyl (C=O) groups is 1. The van der Waals surface area contributed by atoms with Gasteiger partial charge < -0.3 is 15.3 Å². The normalized spacial score (nSPS) is 12.6. The number of carboxylic acid groups (broad SMARTS) is 1. The van der Waals surface area contributed by atoms with Crippen molar-refractivity contribution < 1.29 is 27.5 Å². The van der Waals surface area contributed by atoms with Crippen LogP contribution >= 0.6 is 0 Å². The van der Waals surface area contributed by atoms with E-state index in [1.54, 1.807) is 13.8 Å². The number of carboxylic acids is 1. The Labute approximate surface area is 88.3 Å². The first-order chi connectivity index (χ1) is 7.14. The summed E-state index contributed by atoms with van der Waals surface area (Å²) in [5.41, 5.74) is 5.43. The predicted molar refractivity (Wildman–Crippen MR) is 45.3 cm³/mol. The average Bonchev–Trinajstić information content (AvgIpc) is 2.51. The van der Waals surface area contributed by atoms with Crippen LogP contribution in [0.15, 0.2) is 4.42 Å². The van der Waals surface area contributed by atoms with Crippen molar-refractivity contribution in [1.82, 2.24) is 10.2 Å². The SMILES string of the molecule is Cc1nnc([C@@H](C)N)o1.O=C(O)C(F)(F)F. The monoisotopic (exact) mass is 241 g/mol. The van der Waals surface area contributed by atoms with E-state index in [9.17, 15) is 13.2 Å². The smallest absolute Gasteiger partial charge is 0.475 e. The van der Waals surface area contributed by atoms with Gasteiger partial charge in [-0.2, -0.15) is 13.2 Å². The van der Waals surface area contributed by atoms with Crippen molar-refractivity contribution >= 4 is 5.97 Å². The summed E-state index contributed by atoms with van der Waals surface area (Å²) in [5, 5.41) is 14.4. The summed E-state index contributed by atoms with van der Waals surface area (Å²) in [6.45, 7) is 3.53. The molecule has 9 heteroatoms. The molecule has 0 fully saturated rings. The molecular weight excluding hydrogens is 231 g/mol. The summed E-state index contributed by atoms with van der Waals surface area (Å²) in [6, 6.07) is -0.161. The lowest BCUT2D eigenvalue weighted by Gasteiger charge is -1.93. The lowest BCUT2D eigenvalue weighted by molar-refractivity contribution is -0.192. The number of hydrogen-bond acceptors (Lipinski definition) is 5. The van der Waals surface area contributed by atoms with Crippen LogP contribution < -0.4 is 5.73 Å². The van der Waals surface area contributed by atoms with Crippen LogP contribution in [-0.4, -0.2) is 27.4 Å². The number of alkyl halides is 3. The zero-order chi connectivity index (χ0) is 12.9. The van der Waals surface area contributed by atoms with Crippen LogP contribution in [0.5, 0.6) is 0 Å². The molecule has 0 saturated heterocycles. The van der Waals surface area contributed by atoms with Crippen molar-refractivity contribution in [2.75, 3.05) is 0 Å². The first-order valence-corrected chi connectivity index (χ1v) is 4.00. The number of aliphatic carboxylic acids is 1. The molecule has 0 saturated carbocycles. The molecule has 1 heterocycles. The topological polar surface area (TPSA) is 102 Å². The molecule has 3 N–H and O–H groups in total. The lowest BCUT2D eigenvalue weighted by atomic mass is 10.4. The molecule has 0 spiro atoms. The van der Waals surface area contributed by atoms with Gasteiger partial charge in [0.1, 0.15) is 0 Å². The van der Waals surface area contributed by atoms with Gasteiger partial charge in [-0.05, 0) is 6.92 Å². The molecule has 0 aliphatic heterocycles. The van der Waals surface area contributed by atoms with Crippen molar-refractivity contribution in [1.29, 1.82) is 0 Å². The fourth-order valence-electron chi connectivity index (χ4n) is 0.496. The van der Waals surface area contributed by atoms with Crippen LogP contribution in [-0.2, 0) is 4.79 Å². The number of nitrogens with zero attached hydrogens (tertiary/aromatic N) is 2. The Kier molecular flexibility index (Phi) is 4.89. The van der Waals surface area contributed by atoms with Gasteiger partial charge in [0.15, 0.2) is 0 Å². The lowest BCUT2D eigenvalue weighted by Crippen LogP contribution is -2.21. The third-order valence-corrected chi connectivity index (χ3v) is 1.17. The molecule has 0 aliphatic carbocycles. The second-order valence-electron chi connectivity index (χ2n) is 2.75. The van der Waals surface area contributed by atoms with E-state index in [-0.39, 0.29) is 6.04 Å². The van der Waals surface area contributed by atoms with Crippen molar-refractivity contribution in [2.45, 2.75) is 26.1 Å². The highest BCUT2D eigenvalue weighted by atomic mass is 19.4. The molecule has 1 aromatic rings. The molecule has 1 atom stereocenters. The zero-order valence-corrected chi connectivity index (χ0v) is 8.45. The Bertz CT molecular complexity index is 348. The first kappa shape index (κ1) is 14.4. The highest BCUT2D eigenvalue weighted by Crippen LogP contribution is 2.13. The van der Waals surface area contributed by atoms with Crippen molar-refractivity contribution in [3.8, 4) is 0 Å². The van der Waals surface area contributed by atoms with Gasteiger partial charge in [-0.1, -0.05) is 0 Å². The van der Waals surface area contributed by atoms with Gasteiger partial charge >= 0.3 is 12.1 Å². The summed E-state index contributed by atoms with van der Waals surface area (Å²) < 4.78 is 36.7. The molecule has 1 aromatic heterocycles. The largest absolute Gasteiger partial charge is 0.490 e. The van der Waals surface area contributed by atoms with Crippen LogP contribution in [0.25, 0.3) is 0 Å². The predicted octanol–water partition coefficient (Wildman–Crippen LogP) is 1.03. The summed E-state index contributed by atoms with van der Waals surface area (Å²) in [5.74, 6) is -1.71. The van der Waals surface area contributed by atoms with E-state index < -0.39 is 12.1 Å². The standard InChI is InChI=1S/C5H9N3O.C2HF3O2/c1-3(6)5-8-7-4(2)9-5;3-2(4,5)1(6)7/h3H,6H2,1-2H3;(H,6,7)/t3-;/m1./s1. The van der Waals surface area contributed by atoms with Crippen LogP contribution in [0.2, 0.25) is 0 Å². The Balaban J connectivity index is 0.000000293. The van der Waals surface area contributed by atoms with E-state index in [0.29, 0.717) is 11.8 Å². The highest BCUT2D eigenvalue weighted by molar-refractivity contribution is 5.73. The Hall–Kier alpha value is -1.64. The van der Waals surface area contributed by atoms with Crippen molar-refractivity contribution in [2.24, 2.45) is 5.73 Å². The molecular formula is C7H10F3N3O3. The number of aromatic nitrogens is 2. The van der Waals surface area contributed by atoms with Crippen LogP contribution in [0.4, 0.5) is 13.2 Å². The minimum absolute atomic E-state index is 0.161. The third-order valence-electron chi connectivity index (χ3n) is 1.17. The minimum Gasteiger partial charge on any atom is -0.475 e. The third kappa shape index (κ3) is 5.29. The second-order valence-corrected chi connectivity index (χ2v) is 2.75. The minimum atomic E-state index is -5.08. The van der Waals surface area contributed by atoms with Gasteiger partial charge in [0, 0.05) is 6.92 Å². The second kappa shape index (κ2) is 5.45. The van der Waals surface area contributed by atoms with E-state index in [4.69, 9.17) is 20.1 Å². The number of nitrogens with two attached hydrogens (primary N) is 1. The highest BCUT2D eigenvalue weighted by Gasteiger charge is 2.38. The van der Waals surface area contributed by atoms with E-state index in [1.807, 2.05) is 0 Å². The van der Waals surface area contributed by atoms with Gasteiger partial charge in [-0.25, -0.2) is 4.79 Å². The molecule has 1 rings (SSSR count). The summed E-state index contributed by atoms with van der Waals surface area (Å²) in [6.07, 6.45) is -5.08. The number of aryl methyl sites for hydroxylation is 1.